The first-order valence-electron chi connectivity index (χ1n) is 7.48. The van der Waals surface area contributed by atoms with Crippen molar-refractivity contribution in [2.75, 3.05) is 0 Å². The molecule has 2 aromatic carbocycles. The topological polar surface area (TPSA) is 0 Å². The summed E-state index contributed by atoms with van der Waals surface area (Å²) in [7, 11) is 13.0. The van der Waals surface area contributed by atoms with E-state index in [9.17, 15) is 0 Å². The molecule has 0 aromatic heterocycles. The van der Waals surface area contributed by atoms with Gasteiger partial charge < -0.3 is 0 Å². The molecule has 0 spiro atoms. The second kappa shape index (κ2) is 7.82. The monoisotopic (exact) mass is 497 g/mol. The minimum atomic E-state index is -2.41. The zero-order valence-corrected chi connectivity index (χ0v) is 20.2. The molecule has 0 saturated heterocycles. The summed E-state index contributed by atoms with van der Waals surface area (Å²) in [6.45, 7) is 8.83. The van der Waals surface area contributed by atoms with Gasteiger partial charge in [-0.3, -0.25) is 0 Å². The summed E-state index contributed by atoms with van der Waals surface area (Å²) in [4.78, 5) is 0. The van der Waals surface area contributed by atoms with Crippen molar-refractivity contribution < 1.29 is 45.6 Å². The van der Waals surface area contributed by atoms with E-state index in [-0.39, 0.29) is 26.2 Å². The van der Waals surface area contributed by atoms with Crippen LogP contribution in [0.3, 0.4) is 0 Å². The molecule has 0 fully saturated rings. The van der Waals surface area contributed by atoms with Gasteiger partial charge >= 0.3 is 149 Å². The van der Waals surface area contributed by atoms with Gasteiger partial charge in [-0.25, -0.2) is 0 Å². The number of allylic oxidation sites excluding steroid dienone is 1. The second-order valence-electron chi connectivity index (χ2n) is 6.05. The molecule has 1 aliphatic carbocycles. The third-order valence-corrected chi connectivity index (χ3v) is 10.3. The van der Waals surface area contributed by atoms with Crippen LogP contribution in [0.1, 0.15) is 38.4 Å². The standard InChI is InChI=1S/C19H19.2ClH.2Zr/c1-12-10-17-14(3)13(2)15(4)19(18(17)11-12)16-8-6-5-7-9-16;;;;/h5-11H,1-4H3;2*1H;;/q;;;;+2/p-2. The predicted molar refractivity (Wildman–Crippen MR) is 94.2 cm³/mol. The van der Waals surface area contributed by atoms with E-state index in [2.05, 4.69) is 64.1 Å². The summed E-state index contributed by atoms with van der Waals surface area (Å²) < 4.78 is 0.294. The Morgan fingerprint density at radius 1 is 0.870 bits per heavy atom. The predicted octanol–water partition coefficient (Wildman–Crippen LogP) is 6.66. The molecule has 1 aliphatic rings. The first-order valence-corrected chi connectivity index (χ1v) is 15.2. The first kappa shape index (κ1) is 19.8. The number of fused-ring (bicyclic) bond motifs is 1. The number of halogens is 2. The van der Waals surface area contributed by atoms with Crippen molar-refractivity contribution in [3.63, 3.8) is 0 Å². The molecular weight excluding hydrogens is 482 g/mol. The number of hydrogen-bond donors (Lipinski definition) is 0. The Morgan fingerprint density at radius 2 is 1.48 bits per heavy atom. The molecule has 0 saturated carbocycles. The maximum absolute atomic E-state index is 6.49. The van der Waals surface area contributed by atoms with E-state index in [4.69, 9.17) is 17.0 Å². The molecule has 23 heavy (non-hydrogen) atoms. The van der Waals surface area contributed by atoms with E-state index < -0.39 is 19.4 Å². The van der Waals surface area contributed by atoms with E-state index in [1.165, 1.54) is 44.5 Å². The third kappa shape index (κ3) is 3.44. The van der Waals surface area contributed by atoms with Crippen molar-refractivity contribution in [3.05, 3.63) is 63.7 Å². The van der Waals surface area contributed by atoms with Crippen molar-refractivity contribution in [2.45, 2.75) is 31.3 Å². The van der Waals surface area contributed by atoms with Gasteiger partial charge in [-0.05, 0) is 0 Å². The molecule has 0 nitrogen and oxygen atoms in total. The van der Waals surface area contributed by atoms with Crippen molar-refractivity contribution in [3.8, 4) is 11.1 Å². The quantitative estimate of drug-likeness (QED) is 0.433. The van der Waals surface area contributed by atoms with Crippen LogP contribution >= 0.6 is 17.0 Å². The molecule has 4 heteroatoms. The Bertz CT molecular complexity index is 765. The SMILES string of the molecule is CC1=Cc2c(-c3ccccc3)c(C)c(C)c(C)c2[CH]1[Zr]([Cl])[Cl].[Zr]. The van der Waals surface area contributed by atoms with Gasteiger partial charge in [0.25, 0.3) is 0 Å². The van der Waals surface area contributed by atoms with Crippen molar-refractivity contribution in [2.24, 2.45) is 0 Å². The molecule has 1 unspecified atom stereocenters. The summed E-state index contributed by atoms with van der Waals surface area (Å²) in [5, 5.41) is 0. The summed E-state index contributed by atoms with van der Waals surface area (Å²) >= 11 is -2.41. The molecule has 0 amide bonds. The van der Waals surface area contributed by atoms with Crippen LogP contribution < -0.4 is 0 Å². The molecule has 117 valence electrons. The molecule has 0 radical (unpaired) electrons. The van der Waals surface area contributed by atoms with Crippen LogP contribution in [0.25, 0.3) is 17.2 Å². The minimum absolute atomic E-state index is 0. The van der Waals surface area contributed by atoms with Gasteiger partial charge in [-0.2, -0.15) is 0 Å². The van der Waals surface area contributed by atoms with Crippen molar-refractivity contribution in [1.82, 2.24) is 0 Å². The number of rotatable bonds is 2. The van der Waals surface area contributed by atoms with E-state index >= 15 is 0 Å². The zero-order chi connectivity index (χ0) is 16.0. The molecule has 0 heterocycles. The Balaban J connectivity index is 0.00000192. The van der Waals surface area contributed by atoms with Gasteiger partial charge in [0, 0.05) is 26.2 Å². The number of benzene rings is 2. The summed E-state index contributed by atoms with van der Waals surface area (Å²) in [5.41, 5.74) is 10.8. The van der Waals surface area contributed by atoms with Crippen LogP contribution in [0.5, 0.6) is 0 Å². The second-order valence-corrected chi connectivity index (χ2v) is 14.9. The van der Waals surface area contributed by atoms with E-state index in [0.29, 0.717) is 3.63 Å². The fraction of sp³-hybridized carbons (Fsp3) is 0.263. The zero-order valence-electron chi connectivity index (χ0n) is 13.8. The Hall–Kier alpha value is 0.526. The van der Waals surface area contributed by atoms with Gasteiger partial charge in [0.1, 0.15) is 0 Å². The van der Waals surface area contributed by atoms with Crippen molar-refractivity contribution in [1.29, 1.82) is 0 Å². The van der Waals surface area contributed by atoms with Crippen LogP contribution in [0.15, 0.2) is 35.9 Å². The Morgan fingerprint density at radius 3 is 2.04 bits per heavy atom. The van der Waals surface area contributed by atoms with Gasteiger partial charge in [0.2, 0.25) is 0 Å². The molecule has 0 aliphatic heterocycles. The molecular formula is C19H19Cl2Zr2. The summed E-state index contributed by atoms with van der Waals surface area (Å²) in [6, 6.07) is 10.6. The van der Waals surface area contributed by atoms with E-state index in [1.807, 2.05) is 0 Å². The van der Waals surface area contributed by atoms with Gasteiger partial charge in [-0.1, -0.05) is 0 Å². The normalized spacial score (nSPS) is 15.7. The summed E-state index contributed by atoms with van der Waals surface area (Å²) in [5.74, 6) is 0. The van der Waals surface area contributed by atoms with Gasteiger partial charge in [-0.15, -0.1) is 0 Å². The van der Waals surface area contributed by atoms with Crippen LogP contribution in [-0.4, -0.2) is 0 Å². The van der Waals surface area contributed by atoms with Crippen LogP contribution in [0.4, 0.5) is 0 Å². The molecule has 3 rings (SSSR count). The van der Waals surface area contributed by atoms with Crippen molar-refractivity contribution >= 4 is 23.1 Å². The third-order valence-electron chi connectivity index (χ3n) is 4.86. The largest absolute Gasteiger partial charge is 0 e. The van der Waals surface area contributed by atoms with Gasteiger partial charge in [0.15, 0.2) is 0 Å². The fourth-order valence-corrected chi connectivity index (χ4v) is 9.36. The maximum atomic E-state index is 6.49. The van der Waals surface area contributed by atoms with Gasteiger partial charge in [0.05, 0.1) is 0 Å². The molecule has 0 bridgehead atoms. The summed E-state index contributed by atoms with van der Waals surface area (Å²) in [6.07, 6.45) is 2.31. The average Bonchev–Trinajstić information content (AvgIpc) is 2.83. The van der Waals surface area contributed by atoms with Crippen LogP contribution in [0.2, 0.25) is 0 Å². The minimum Gasteiger partial charge on any atom is 0 e. The van der Waals surface area contributed by atoms with E-state index in [0.717, 1.165) is 0 Å². The first-order chi connectivity index (χ1) is 10.4. The van der Waals surface area contributed by atoms with E-state index in [1.54, 1.807) is 0 Å². The molecule has 1 atom stereocenters. The fourth-order valence-electron chi connectivity index (χ4n) is 3.53. The van der Waals surface area contributed by atoms with Crippen LogP contribution in [-0.2, 0) is 45.6 Å². The average molecular weight is 501 g/mol. The Kier molecular flexibility index (Phi) is 6.75. The smallest absolute Gasteiger partial charge is 0 e. The number of hydrogen-bond acceptors (Lipinski definition) is 0. The molecule has 2 aromatic rings. The maximum Gasteiger partial charge on any atom is 0 e. The van der Waals surface area contributed by atoms with Crippen LogP contribution in [0, 0.1) is 20.8 Å². The Labute approximate surface area is 173 Å². The molecule has 0 N–H and O–H groups in total.